The smallest absolute Gasteiger partial charge is 0.229 e. The van der Waals surface area contributed by atoms with E-state index < -0.39 is 7.14 Å². The van der Waals surface area contributed by atoms with Crippen molar-refractivity contribution in [2.75, 3.05) is 68.1 Å². The number of hydrogen-bond acceptors (Lipinski definition) is 9. The molecule has 3 aliphatic rings. The van der Waals surface area contributed by atoms with Crippen molar-refractivity contribution in [3.8, 4) is 5.75 Å². The molecule has 3 aromatic rings. The highest BCUT2D eigenvalue weighted by Gasteiger charge is 2.34. The molecule has 1 aliphatic carbocycles. The zero-order chi connectivity index (χ0) is 30.8. The maximum absolute atomic E-state index is 12.9. The van der Waals surface area contributed by atoms with Crippen LogP contribution in [0.15, 0.2) is 48.7 Å². The van der Waals surface area contributed by atoms with Crippen LogP contribution in [-0.4, -0.2) is 90.6 Å². The molecule has 0 atom stereocenters. The van der Waals surface area contributed by atoms with Gasteiger partial charge in [0.1, 0.15) is 17.9 Å². The third-order valence-electron chi connectivity index (χ3n) is 8.81. The fraction of sp³-hybridized carbons (Fsp3) is 0.515. The first kappa shape index (κ1) is 31.2. The molecule has 11 heteroatoms. The number of hydrogen-bond donors (Lipinski definition) is 2. The Morgan fingerprint density at radius 1 is 0.886 bits per heavy atom. The zero-order valence-electron chi connectivity index (χ0n) is 26.3. The molecule has 44 heavy (non-hydrogen) atoms. The lowest BCUT2D eigenvalue weighted by Gasteiger charge is -2.43. The number of ether oxygens (including phenoxy) is 1. The Bertz CT molecular complexity index is 1500. The highest BCUT2D eigenvalue weighted by Crippen LogP contribution is 2.39. The van der Waals surface area contributed by atoms with E-state index in [0.29, 0.717) is 28.5 Å². The van der Waals surface area contributed by atoms with Crippen molar-refractivity contribution >= 4 is 52.9 Å². The maximum Gasteiger partial charge on any atom is 0.229 e. The minimum atomic E-state index is -2.52. The van der Waals surface area contributed by atoms with Crippen LogP contribution in [0.1, 0.15) is 39.5 Å². The van der Waals surface area contributed by atoms with E-state index in [0.717, 1.165) is 35.9 Å². The van der Waals surface area contributed by atoms with Crippen LogP contribution in [0.5, 0.6) is 5.75 Å². The Morgan fingerprint density at radius 2 is 1.55 bits per heavy atom. The number of para-hydroxylation sites is 1. The molecular formula is C33H45ClN7O2P. The van der Waals surface area contributed by atoms with Gasteiger partial charge in [0.2, 0.25) is 5.95 Å². The Morgan fingerprint density at radius 3 is 2.18 bits per heavy atom. The third kappa shape index (κ3) is 7.51. The quantitative estimate of drug-likeness (QED) is 0.245. The first-order chi connectivity index (χ1) is 21.1. The van der Waals surface area contributed by atoms with Crippen LogP contribution in [0.4, 0.5) is 28.8 Å². The van der Waals surface area contributed by atoms with Crippen molar-refractivity contribution in [2.24, 2.45) is 0 Å². The molecule has 6 rings (SSSR count). The van der Waals surface area contributed by atoms with Gasteiger partial charge in [0.05, 0.1) is 23.7 Å². The minimum absolute atomic E-state index is 0.00415. The molecule has 2 aromatic carbocycles. The predicted molar refractivity (Wildman–Crippen MR) is 183 cm³/mol. The average Bonchev–Trinajstić information content (AvgIpc) is 3.85. The lowest BCUT2D eigenvalue weighted by Crippen LogP contribution is -2.53. The van der Waals surface area contributed by atoms with Crippen molar-refractivity contribution in [3.63, 3.8) is 0 Å². The first-order valence-corrected chi connectivity index (χ1v) is 18.9. The fourth-order valence-electron chi connectivity index (χ4n) is 6.37. The van der Waals surface area contributed by atoms with Crippen molar-refractivity contribution in [1.29, 1.82) is 0 Å². The molecule has 3 fully saturated rings. The monoisotopic (exact) mass is 637 g/mol. The summed E-state index contributed by atoms with van der Waals surface area (Å²) in [6, 6.07) is 15.4. The van der Waals surface area contributed by atoms with Gasteiger partial charge in [0.15, 0.2) is 5.82 Å². The third-order valence-corrected chi connectivity index (χ3v) is 10.6. The van der Waals surface area contributed by atoms with E-state index in [4.69, 9.17) is 16.3 Å². The minimum Gasteiger partial charge on any atom is -0.489 e. The number of piperazine rings is 1. The van der Waals surface area contributed by atoms with E-state index in [9.17, 15) is 4.57 Å². The van der Waals surface area contributed by atoms with E-state index in [-0.39, 0.29) is 6.10 Å². The van der Waals surface area contributed by atoms with Crippen molar-refractivity contribution in [2.45, 2.75) is 57.7 Å². The molecule has 0 radical (unpaired) electrons. The van der Waals surface area contributed by atoms with Gasteiger partial charge in [-0.15, -0.1) is 0 Å². The molecule has 2 saturated heterocycles. The Hall–Kier alpha value is -2.84. The van der Waals surface area contributed by atoms with Gasteiger partial charge in [0.25, 0.3) is 0 Å². The van der Waals surface area contributed by atoms with Crippen LogP contribution < -0.4 is 25.6 Å². The van der Waals surface area contributed by atoms with Gasteiger partial charge in [-0.25, -0.2) is 4.98 Å². The summed E-state index contributed by atoms with van der Waals surface area (Å²) in [5.41, 5.74) is 2.67. The lowest BCUT2D eigenvalue weighted by molar-refractivity contribution is 0.0809. The van der Waals surface area contributed by atoms with Crippen LogP contribution in [0, 0.1) is 0 Å². The van der Waals surface area contributed by atoms with Crippen LogP contribution >= 0.6 is 18.7 Å². The van der Waals surface area contributed by atoms with Gasteiger partial charge >= 0.3 is 0 Å². The van der Waals surface area contributed by atoms with E-state index in [1.54, 1.807) is 19.5 Å². The molecule has 9 nitrogen and oxygen atoms in total. The molecule has 2 N–H and O–H groups in total. The van der Waals surface area contributed by atoms with Crippen LogP contribution in [0.2, 0.25) is 5.02 Å². The van der Waals surface area contributed by atoms with Crippen LogP contribution in [0.25, 0.3) is 0 Å². The molecule has 1 aromatic heterocycles. The predicted octanol–water partition coefficient (Wildman–Crippen LogP) is 6.40. The number of nitrogens with zero attached hydrogens (tertiary/aromatic N) is 5. The average molecular weight is 638 g/mol. The standard InChI is InChI=1S/C33H45ClN7O2P/c1-23(2)43-30-21-26(39-15-13-25(14-16-39)41-19-17-40(18-20-41)24-9-10-24)11-12-28(30)37-33-35-22-27(34)32(38-33)36-29-7-5-6-8-31(29)44(3,4)42/h5-8,11-12,21-25H,9-10,13-20H2,1-4H3,(H2,35,36,37,38). The van der Waals surface area contributed by atoms with Gasteiger partial charge < -0.3 is 24.8 Å². The molecule has 1 saturated carbocycles. The SMILES string of the molecule is CC(C)Oc1cc(N2CCC(N3CCN(C4CC4)CC3)CC2)ccc1Nc1ncc(Cl)c(Nc2ccccc2P(C)(C)=O)n1. The van der Waals surface area contributed by atoms with Gasteiger partial charge in [-0.05, 0) is 77.1 Å². The van der Waals surface area contributed by atoms with Crippen LogP contribution in [-0.2, 0) is 4.57 Å². The van der Waals surface area contributed by atoms with E-state index in [2.05, 4.69) is 47.4 Å². The summed E-state index contributed by atoms with van der Waals surface area (Å²) in [6.45, 7) is 14.5. The maximum atomic E-state index is 12.9. The molecule has 0 unspecified atom stereocenters. The van der Waals surface area contributed by atoms with Crippen molar-refractivity contribution in [1.82, 2.24) is 19.8 Å². The number of nitrogens with one attached hydrogen (secondary N) is 2. The Kier molecular flexibility index (Phi) is 9.39. The molecule has 0 bridgehead atoms. The zero-order valence-corrected chi connectivity index (χ0v) is 28.0. The number of benzene rings is 2. The summed E-state index contributed by atoms with van der Waals surface area (Å²) in [4.78, 5) is 17.0. The molecule has 3 heterocycles. The van der Waals surface area contributed by atoms with Crippen molar-refractivity contribution < 1.29 is 9.30 Å². The molecular weight excluding hydrogens is 593 g/mol. The van der Waals surface area contributed by atoms with Gasteiger partial charge in [-0.1, -0.05) is 23.7 Å². The topological polar surface area (TPSA) is 85.9 Å². The molecule has 2 aliphatic heterocycles. The molecule has 0 spiro atoms. The van der Waals surface area contributed by atoms with E-state index >= 15 is 0 Å². The number of aromatic nitrogens is 2. The summed E-state index contributed by atoms with van der Waals surface area (Å²) in [5, 5.41) is 7.73. The Balaban J connectivity index is 1.14. The Labute approximate surface area is 266 Å². The highest BCUT2D eigenvalue weighted by molar-refractivity contribution is 7.70. The number of halogens is 1. The second kappa shape index (κ2) is 13.3. The summed E-state index contributed by atoms with van der Waals surface area (Å²) in [6.07, 6.45) is 6.74. The largest absolute Gasteiger partial charge is 0.489 e. The van der Waals surface area contributed by atoms with Crippen LogP contribution in [0.3, 0.4) is 0 Å². The first-order valence-electron chi connectivity index (χ1n) is 15.9. The summed E-state index contributed by atoms with van der Waals surface area (Å²) in [5.74, 6) is 1.58. The second-order valence-electron chi connectivity index (χ2n) is 12.9. The second-order valence-corrected chi connectivity index (χ2v) is 16.5. The fourth-order valence-corrected chi connectivity index (χ4v) is 7.66. The highest BCUT2D eigenvalue weighted by atomic mass is 35.5. The number of piperidine rings is 1. The van der Waals surface area contributed by atoms with Crippen molar-refractivity contribution in [3.05, 3.63) is 53.7 Å². The van der Waals surface area contributed by atoms with Gasteiger partial charge in [-0.3, -0.25) is 9.80 Å². The summed E-state index contributed by atoms with van der Waals surface area (Å²) < 4.78 is 19.1. The lowest BCUT2D eigenvalue weighted by atomic mass is 10.0. The van der Waals surface area contributed by atoms with Gasteiger partial charge in [0, 0.05) is 68.4 Å². The van der Waals surface area contributed by atoms with Gasteiger partial charge in [-0.2, -0.15) is 4.98 Å². The number of rotatable bonds is 10. The van der Waals surface area contributed by atoms with E-state index in [1.165, 1.54) is 57.5 Å². The molecule has 236 valence electrons. The van der Waals surface area contributed by atoms with E-state index in [1.807, 2.05) is 44.2 Å². The molecule has 0 amide bonds. The summed E-state index contributed by atoms with van der Waals surface area (Å²) in [7, 11) is -2.52. The number of anilines is 5. The normalized spacial score (nSPS) is 18.9. The summed E-state index contributed by atoms with van der Waals surface area (Å²) >= 11 is 6.48.